The van der Waals surface area contributed by atoms with Crippen molar-refractivity contribution in [2.45, 2.75) is 12.8 Å². The fourth-order valence-corrected chi connectivity index (χ4v) is 2.65. The van der Waals surface area contributed by atoms with Crippen molar-refractivity contribution >= 4 is 23.1 Å². The van der Waals surface area contributed by atoms with Gasteiger partial charge >= 0.3 is 0 Å². The van der Waals surface area contributed by atoms with E-state index in [2.05, 4.69) is 5.32 Å². The zero-order chi connectivity index (χ0) is 14.1. The van der Waals surface area contributed by atoms with Gasteiger partial charge in [-0.05, 0) is 47.9 Å². The van der Waals surface area contributed by atoms with Crippen LogP contribution in [0.4, 0.5) is 10.1 Å². The van der Waals surface area contributed by atoms with E-state index in [1.165, 1.54) is 17.7 Å². The van der Waals surface area contributed by atoms with Crippen LogP contribution in [-0.2, 0) is 12.8 Å². The number of Topliss-reactive ketones (excluding diaryl/α,β-unsaturated/α-hetero) is 1. The Balaban J connectivity index is 1.82. The first kappa shape index (κ1) is 13.1. The summed E-state index contributed by atoms with van der Waals surface area (Å²) in [5.41, 5.74) is 3.59. The third-order valence-corrected chi connectivity index (χ3v) is 3.85. The molecule has 0 fully saturated rings. The summed E-state index contributed by atoms with van der Waals surface area (Å²) >= 11 is 5.95. The van der Waals surface area contributed by atoms with Crippen LogP contribution in [0.5, 0.6) is 0 Å². The van der Waals surface area contributed by atoms with Crippen molar-refractivity contribution in [1.82, 2.24) is 0 Å². The minimum atomic E-state index is -0.394. The number of hydrogen-bond donors (Lipinski definition) is 1. The van der Waals surface area contributed by atoms with E-state index in [0.29, 0.717) is 16.1 Å². The standard InChI is InChI=1S/C16H13ClFNO/c17-14-9-13(18)3-1-10(14)8-16(20)12-2-4-15-11(7-12)5-6-19-15/h1-4,7,9,19H,5-6,8H2. The number of anilines is 1. The summed E-state index contributed by atoms with van der Waals surface area (Å²) in [6.07, 6.45) is 1.12. The molecule has 0 radical (unpaired) electrons. The molecule has 1 aliphatic heterocycles. The number of hydrogen-bond acceptors (Lipinski definition) is 2. The molecule has 0 bridgehead atoms. The second-order valence-corrected chi connectivity index (χ2v) is 5.29. The molecule has 0 aromatic heterocycles. The van der Waals surface area contributed by atoms with Crippen molar-refractivity contribution in [3.8, 4) is 0 Å². The van der Waals surface area contributed by atoms with Crippen LogP contribution in [0.15, 0.2) is 36.4 Å². The smallest absolute Gasteiger partial charge is 0.167 e. The van der Waals surface area contributed by atoms with Crippen LogP contribution in [-0.4, -0.2) is 12.3 Å². The molecule has 102 valence electrons. The number of fused-ring (bicyclic) bond motifs is 1. The van der Waals surface area contributed by atoms with Crippen LogP contribution >= 0.6 is 11.6 Å². The molecule has 1 N–H and O–H groups in total. The Morgan fingerprint density at radius 1 is 1.25 bits per heavy atom. The summed E-state index contributed by atoms with van der Waals surface area (Å²) in [6.45, 7) is 0.913. The molecule has 20 heavy (non-hydrogen) atoms. The summed E-state index contributed by atoms with van der Waals surface area (Å²) in [7, 11) is 0. The van der Waals surface area contributed by atoms with Crippen LogP contribution in [0.3, 0.4) is 0 Å². The number of nitrogens with one attached hydrogen (secondary N) is 1. The van der Waals surface area contributed by atoms with Crippen LogP contribution in [0, 0.1) is 5.82 Å². The highest BCUT2D eigenvalue weighted by molar-refractivity contribution is 6.31. The first-order chi connectivity index (χ1) is 9.63. The van der Waals surface area contributed by atoms with Crippen molar-refractivity contribution in [1.29, 1.82) is 0 Å². The van der Waals surface area contributed by atoms with Gasteiger partial charge in [0.2, 0.25) is 0 Å². The predicted molar refractivity (Wildman–Crippen MR) is 78.1 cm³/mol. The van der Waals surface area contributed by atoms with Crippen molar-refractivity contribution in [2.24, 2.45) is 0 Å². The Hall–Kier alpha value is -1.87. The van der Waals surface area contributed by atoms with Gasteiger partial charge in [0, 0.05) is 29.2 Å². The van der Waals surface area contributed by atoms with Crippen LogP contribution in [0.1, 0.15) is 21.5 Å². The van der Waals surface area contributed by atoms with E-state index in [1.54, 1.807) is 6.07 Å². The Kier molecular flexibility index (Phi) is 3.45. The number of rotatable bonds is 3. The molecule has 1 aliphatic rings. The highest BCUT2D eigenvalue weighted by Crippen LogP contribution is 2.24. The van der Waals surface area contributed by atoms with Gasteiger partial charge in [-0.3, -0.25) is 4.79 Å². The van der Waals surface area contributed by atoms with E-state index in [9.17, 15) is 9.18 Å². The molecule has 2 nitrogen and oxygen atoms in total. The molecule has 1 heterocycles. The lowest BCUT2D eigenvalue weighted by atomic mass is 10.0. The molecule has 3 rings (SSSR count). The molecule has 0 saturated heterocycles. The highest BCUT2D eigenvalue weighted by Gasteiger charge is 2.15. The first-order valence-corrected chi connectivity index (χ1v) is 6.85. The zero-order valence-electron chi connectivity index (χ0n) is 10.7. The summed E-state index contributed by atoms with van der Waals surface area (Å²) in [6, 6.07) is 9.79. The quantitative estimate of drug-likeness (QED) is 0.869. The third-order valence-electron chi connectivity index (χ3n) is 3.50. The van der Waals surface area contributed by atoms with Crippen molar-refractivity contribution in [3.63, 3.8) is 0 Å². The first-order valence-electron chi connectivity index (χ1n) is 6.47. The lowest BCUT2D eigenvalue weighted by Crippen LogP contribution is -2.04. The molecular formula is C16H13ClFNO. The molecule has 0 spiro atoms. The summed E-state index contributed by atoms with van der Waals surface area (Å²) in [5.74, 6) is -0.400. The van der Waals surface area contributed by atoms with Crippen molar-refractivity contribution < 1.29 is 9.18 Å². The Labute approximate surface area is 121 Å². The predicted octanol–water partition coefficient (Wildman–Crippen LogP) is 3.87. The Morgan fingerprint density at radius 3 is 2.90 bits per heavy atom. The van der Waals surface area contributed by atoms with Gasteiger partial charge in [-0.2, -0.15) is 0 Å². The number of ketones is 1. The van der Waals surface area contributed by atoms with E-state index in [4.69, 9.17) is 11.6 Å². The monoisotopic (exact) mass is 289 g/mol. The molecule has 0 saturated carbocycles. The average molecular weight is 290 g/mol. The summed E-state index contributed by atoms with van der Waals surface area (Å²) in [4.78, 5) is 12.3. The number of carbonyl (C=O) groups excluding carboxylic acids is 1. The molecular weight excluding hydrogens is 277 g/mol. The van der Waals surface area contributed by atoms with Gasteiger partial charge in [0.25, 0.3) is 0 Å². The van der Waals surface area contributed by atoms with Crippen LogP contribution < -0.4 is 5.32 Å². The van der Waals surface area contributed by atoms with Gasteiger partial charge in [0.15, 0.2) is 5.78 Å². The lowest BCUT2D eigenvalue weighted by Gasteiger charge is -2.06. The van der Waals surface area contributed by atoms with Gasteiger partial charge < -0.3 is 5.32 Å². The van der Waals surface area contributed by atoms with Crippen LogP contribution in [0.25, 0.3) is 0 Å². The third kappa shape index (κ3) is 2.54. The molecule has 0 unspecified atom stereocenters. The maximum atomic E-state index is 13.0. The van der Waals surface area contributed by atoms with Gasteiger partial charge in [-0.15, -0.1) is 0 Å². The Morgan fingerprint density at radius 2 is 2.10 bits per heavy atom. The highest BCUT2D eigenvalue weighted by atomic mass is 35.5. The molecule has 2 aromatic rings. The van der Waals surface area contributed by atoms with E-state index >= 15 is 0 Å². The van der Waals surface area contributed by atoms with E-state index < -0.39 is 5.82 Å². The molecule has 0 atom stereocenters. The Bertz CT molecular complexity index is 684. The zero-order valence-corrected chi connectivity index (χ0v) is 11.5. The largest absolute Gasteiger partial charge is 0.384 e. The number of benzene rings is 2. The summed E-state index contributed by atoms with van der Waals surface area (Å²) < 4.78 is 13.0. The van der Waals surface area contributed by atoms with E-state index in [-0.39, 0.29) is 12.2 Å². The maximum Gasteiger partial charge on any atom is 0.167 e. The van der Waals surface area contributed by atoms with Gasteiger partial charge in [0.1, 0.15) is 5.82 Å². The van der Waals surface area contributed by atoms with Gasteiger partial charge in [-0.1, -0.05) is 17.7 Å². The summed E-state index contributed by atoms with van der Waals surface area (Å²) in [5, 5.41) is 3.55. The molecule has 4 heteroatoms. The topological polar surface area (TPSA) is 29.1 Å². The lowest BCUT2D eigenvalue weighted by molar-refractivity contribution is 0.0993. The molecule has 0 amide bonds. The van der Waals surface area contributed by atoms with Crippen LogP contribution in [0.2, 0.25) is 5.02 Å². The number of halogens is 2. The normalized spacial score (nSPS) is 12.9. The average Bonchev–Trinajstić information content (AvgIpc) is 2.89. The molecule has 2 aromatic carbocycles. The van der Waals surface area contributed by atoms with Gasteiger partial charge in [-0.25, -0.2) is 4.39 Å². The fraction of sp³-hybridized carbons (Fsp3) is 0.188. The molecule has 0 aliphatic carbocycles. The second-order valence-electron chi connectivity index (χ2n) is 4.88. The van der Waals surface area contributed by atoms with Crippen molar-refractivity contribution in [3.05, 3.63) is 63.9 Å². The van der Waals surface area contributed by atoms with Gasteiger partial charge in [0.05, 0.1) is 0 Å². The minimum absolute atomic E-state index is 0.00629. The van der Waals surface area contributed by atoms with E-state index in [0.717, 1.165) is 18.7 Å². The van der Waals surface area contributed by atoms with E-state index in [1.807, 2.05) is 18.2 Å². The minimum Gasteiger partial charge on any atom is -0.384 e. The SMILES string of the molecule is O=C(Cc1ccc(F)cc1Cl)c1ccc2c(c1)CCN2. The fourth-order valence-electron chi connectivity index (χ4n) is 2.42. The number of carbonyl (C=O) groups is 1. The maximum absolute atomic E-state index is 13.0. The van der Waals surface area contributed by atoms with Crippen molar-refractivity contribution in [2.75, 3.05) is 11.9 Å². The second kappa shape index (κ2) is 5.25.